The van der Waals surface area contributed by atoms with Gasteiger partial charge in [0.1, 0.15) is 0 Å². The molecule has 2 aromatic carbocycles. The van der Waals surface area contributed by atoms with E-state index in [1.165, 1.54) is 21.7 Å². The normalized spacial score (nSPS) is 13.4. The van der Waals surface area contributed by atoms with E-state index in [1.54, 1.807) is 0 Å². The molecular weight excluding hydrogens is 208 g/mol. The van der Waals surface area contributed by atoms with E-state index in [9.17, 15) is 0 Å². The average Bonchev–Trinajstić information content (AvgIpc) is 2.39. The van der Waals surface area contributed by atoms with Crippen LogP contribution in [0.3, 0.4) is 0 Å². The molecule has 1 aromatic heterocycles. The molecule has 1 aliphatic rings. The molecule has 1 aliphatic carbocycles. The van der Waals surface area contributed by atoms with E-state index in [0.717, 1.165) is 17.8 Å². The highest BCUT2D eigenvalue weighted by atomic mass is 16.3. The highest BCUT2D eigenvalue weighted by Gasteiger charge is 2.22. The average molecular weight is 219 g/mol. The summed E-state index contributed by atoms with van der Waals surface area (Å²) in [5, 5.41) is 3.76. The van der Waals surface area contributed by atoms with Crippen LogP contribution in [0.5, 0.6) is 0 Å². The number of hydrogen-bond donors (Lipinski definition) is 0. The number of fused-ring (bicyclic) bond motifs is 2. The zero-order valence-electron chi connectivity index (χ0n) is 9.31. The smallest absolute Gasteiger partial charge is 0.211 e. The van der Waals surface area contributed by atoms with E-state index in [0.29, 0.717) is 0 Å². The fourth-order valence-electron chi connectivity index (χ4n) is 2.64. The third-order valence-electron chi connectivity index (χ3n) is 3.39. The zero-order chi connectivity index (χ0) is 11.2. The maximum atomic E-state index is 6.01. The summed E-state index contributed by atoms with van der Waals surface area (Å²) < 4.78 is 6.01. The lowest BCUT2D eigenvalue weighted by Gasteiger charge is -2.06. The first-order valence-electron chi connectivity index (χ1n) is 5.86. The molecule has 4 rings (SSSR count). The van der Waals surface area contributed by atoms with Crippen LogP contribution in [0, 0.1) is 0 Å². The van der Waals surface area contributed by atoms with E-state index >= 15 is 0 Å². The minimum atomic E-state index is 0.887. The first-order chi connectivity index (χ1) is 8.43. The summed E-state index contributed by atoms with van der Waals surface area (Å²) in [6.45, 7) is 0. The minimum Gasteiger partial charge on any atom is -0.211 e. The Bertz CT molecular complexity index is 769. The Labute approximate surface area is 99.0 Å². The van der Waals surface area contributed by atoms with Crippen molar-refractivity contribution in [3.63, 3.8) is 0 Å². The zero-order valence-corrected chi connectivity index (χ0v) is 9.31. The van der Waals surface area contributed by atoms with Crippen molar-refractivity contribution in [3.05, 3.63) is 59.9 Å². The molecule has 0 unspecified atom stereocenters. The summed E-state index contributed by atoms with van der Waals surface area (Å²) >= 11 is 0. The van der Waals surface area contributed by atoms with Crippen LogP contribution in [0.1, 0.15) is 11.3 Å². The molecule has 1 heteroatoms. The summed E-state index contributed by atoms with van der Waals surface area (Å²) in [5.41, 5.74) is 2.24. The van der Waals surface area contributed by atoms with Crippen LogP contribution in [-0.4, -0.2) is 0 Å². The van der Waals surface area contributed by atoms with Gasteiger partial charge in [-0.15, -0.1) is 0 Å². The van der Waals surface area contributed by atoms with E-state index in [2.05, 4.69) is 42.5 Å². The van der Waals surface area contributed by atoms with Gasteiger partial charge in [0.05, 0.1) is 17.2 Å². The molecular formula is C16H11O+. The number of benzene rings is 2. The van der Waals surface area contributed by atoms with Gasteiger partial charge in [0.25, 0.3) is 0 Å². The molecule has 0 spiro atoms. The Morgan fingerprint density at radius 3 is 2.76 bits per heavy atom. The molecule has 0 saturated heterocycles. The first kappa shape index (κ1) is 8.94. The van der Waals surface area contributed by atoms with Crippen molar-refractivity contribution in [2.24, 2.45) is 0 Å². The van der Waals surface area contributed by atoms with Gasteiger partial charge in [0.2, 0.25) is 0 Å². The molecule has 0 bridgehead atoms. The predicted molar refractivity (Wildman–Crippen MR) is 70.9 cm³/mol. The van der Waals surface area contributed by atoms with Crippen LogP contribution in [0.25, 0.3) is 27.8 Å². The van der Waals surface area contributed by atoms with Crippen LogP contribution < -0.4 is 0 Å². The largest absolute Gasteiger partial charge is 0.360 e. The molecule has 0 fully saturated rings. The monoisotopic (exact) mass is 219 g/mol. The lowest BCUT2D eigenvalue weighted by atomic mass is 9.96. The Kier molecular flexibility index (Phi) is 1.67. The van der Waals surface area contributed by atoms with E-state index in [-0.39, 0.29) is 0 Å². The molecule has 1 heterocycles. The van der Waals surface area contributed by atoms with Crippen molar-refractivity contribution < 1.29 is 4.42 Å². The topological polar surface area (TPSA) is 11.3 Å². The van der Waals surface area contributed by atoms with Gasteiger partial charge in [0, 0.05) is 11.5 Å². The van der Waals surface area contributed by atoms with Gasteiger partial charge >= 0.3 is 11.3 Å². The lowest BCUT2D eigenvalue weighted by molar-refractivity contribution is 0.561. The number of allylic oxidation sites excluding steroid dienone is 1. The Balaban J connectivity index is 2.34. The van der Waals surface area contributed by atoms with E-state index in [1.807, 2.05) is 12.1 Å². The van der Waals surface area contributed by atoms with Gasteiger partial charge in [0.15, 0.2) is 0 Å². The Morgan fingerprint density at radius 2 is 1.76 bits per heavy atom. The van der Waals surface area contributed by atoms with Crippen LogP contribution in [0.2, 0.25) is 0 Å². The summed E-state index contributed by atoms with van der Waals surface area (Å²) in [7, 11) is 0. The molecule has 17 heavy (non-hydrogen) atoms. The van der Waals surface area contributed by atoms with Crippen molar-refractivity contribution in [3.8, 4) is 0 Å². The van der Waals surface area contributed by atoms with Crippen molar-refractivity contribution >= 4 is 27.8 Å². The van der Waals surface area contributed by atoms with Crippen molar-refractivity contribution in [1.29, 1.82) is 0 Å². The highest BCUT2D eigenvalue weighted by molar-refractivity contribution is 6.08. The van der Waals surface area contributed by atoms with Gasteiger partial charge in [-0.1, -0.05) is 42.5 Å². The molecule has 0 atom stereocenters. The second kappa shape index (κ2) is 3.17. The maximum Gasteiger partial charge on any atom is 0.360 e. The predicted octanol–water partition coefficient (Wildman–Crippen LogP) is 4.44. The number of para-hydroxylation sites is 1. The van der Waals surface area contributed by atoms with Crippen LogP contribution >= 0.6 is 0 Å². The minimum absolute atomic E-state index is 0.887. The molecule has 3 aromatic rings. The van der Waals surface area contributed by atoms with Gasteiger partial charge in [-0.2, -0.15) is 0 Å². The fourth-order valence-corrected chi connectivity index (χ4v) is 2.64. The lowest BCUT2D eigenvalue weighted by Crippen LogP contribution is -1.93. The van der Waals surface area contributed by atoms with Gasteiger partial charge < -0.3 is 0 Å². The second-order valence-corrected chi connectivity index (χ2v) is 4.40. The van der Waals surface area contributed by atoms with E-state index < -0.39 is 0 Å². The third-order valence-corrected chi connectivity index (χ3v) is 3.39. The molecule has 80 valence electrons. The molecule has 0 saturated carbocycles. The van der Waals surface area contributed by atoms with Crippen molar-refractivity contribution in [2.45, 2.75) is 6.42 Å². The molecule has 0 N–H and O–H groups in total. The standard InChI is InChI=1S/C16H11O/c1-2-9-14-12(7-1)13-8-3-5-11-6-4-10-15(17-14)16(11)13/h1-9H,10H2/q+1. The summed E-state index contributed by atoms with van der Waals surface area (Å²) in [6.07, 6.45) is 5.23. The molecule has 1 nitrogen and oxygen atoms in total. The molecule has 0 aliphatic heterocycles. The van der Waals surface area contributed by atoms with Gasteiger partial charge in [-0.25, -0.2) is 4.42 Å². The van der Waals surface area contributed by atoms with Gasteiger partial charge in [-0.05, 0) is 11.6 Å². The van der Waals surface area contributed by atoms with Crippen LogP contribution in [0.4, 0.5) is 0 Å². The Hall–Kier alpha value is -2.15. The van der Waals surface area contributed by atoms with Crippen LogP contribution in [0.15, 0.2) is 53.0 Å². The summed E-state index contributed by atoms with van der Waals surface area (Å²) in [5.74, 6) is 1.08. The Morgan fingerprint density at radius 1 is 0.882 bits per heavy atom. The highest BCUT2D eigenvalue weighted by Crippen LogP contribution is 2.34. The maximum absolute atomic E-state index is 6.01. The first-order valence-corrected chi connectivity index (χ1v) is 5.86. The SMILES string of the molecule is C1=Cc2cccc3c2c([o+]c2ccccc23)C1. The van der Waals surface area contributed by atoms with E-state index in [4.69, 9.17) is 4.42 Å². The molecule has 0 amide bonds. The second-order valence-electron chi connectivity index (χ2n) is 4.40. The number of hydrogen-bond acceptors (Lipinski definition) is 0. The van der Waals surface area contributed by atoms with Crippen molar-refractivity contribution in [1.82, 2.24) is 0 Å². The molecule has 0 radical (unpaired) electrons. The fraction of sp³-hybridized carbons (Fsp3) is 0.0625. The third kappa shape index (κ3) is 1.17. The number of rotatable bonds is 0. The quantitative estimate of drug-likeness (QED) is 0.402. The van der Waals surface area contributed by atoms with Crippen molar-refractivity contribution in [2.75, 3.05) is 0 Å². The summed E-state index contributed by atoms with van der Waals surface area (Å²) in [4.78, 5) is 0. The van der Waals surface area contributed by atoms with Crippen LogP contribution in [-0.2, 0) is 6.42 Å². The summed E-state index contributed by atoms with van der Waals surface area (Å²) in [6, 6.07) is 14.7. The van der Waals surface area contributed by atoms with Gasteiger partial charge in [-0.3, -0.25) is 0 Å².